The number of hydrogen-bond acceptors (Lipinski definition) is 5. The molecule has 1 aliphatic heterocycles. The van der Waals surface area contributed by atoms with Crippen LogP contribution in [0.2, 0.25) is 0 Å². The average Bonchev–Trinajstić information content (AvgIpc) is 2.66. The number of aryl methyl sites for hydroxylation is 1. The number of hydrazone groups is 1. The van der Waals surface area contributed by atoms with Gasteiger partial charge in [0.05, 0.1) is 19.6 Å². The zero-order valence-electron chi connectivity index (χ0n) is 15.4. The molecule has 2 N–H and O–H groups in total. The van der Waals surface area contributed by atoms with Crippen LogP contribution in [-0.4, -0.2) is 61.8 Å². The normalized spacial score (nSPS) is 15.5. The average molecular weight is 360 g/mol. The number of benzene rings is 1. The molecule has 1 saturated heterocycles. The lowest BCUT2D eigenvalue weighted by Gasteiger charge is -2.26. The van der Waals surface area contributed by atoms with Crippen LogP contribution in [0.25, 0.3) is 0 Å². The fourth-order valence-electron chi connectivity index (χ4n) is 2.63. The smallest absolute Gasteiger partial charge is 0.240 e. The molecule has 0 unspecified atom stereocenters. The standard InChI is InChI=1S/C19H28N4O3/c1-16(15-19(25)20-9-10-23-11-13-26-14-12-23)21-22-18(24)8-7-17-5-3-2-4-6-17/h2-6H,7-15H2,1H3,(H,20,25)(H,22,24)/b21-16-. The molecule has 1 heterocycles. The molecular formula is C19H28N4O3. The van der Waals surface area contributed by atoms with E-state index in [1.165, 1.54) is 0 Å². The fourth-order valence-corrected chi connectivity index (χ4v) is 2.63. The lowest BCUT2D eigenvalue weighted by atomic mass is 10.1. The van der Waals surface area contributed by atoms with E-state index >= 15 is 0 Å². The van der Waals surface area contributed by atoms with Gasteiger partial charge in [-0.15, -0.1) is 0 Å². The molecule has 0 saturated carbocycles. The van der Waals surface area contributed by atoms with Crippen molar-refractivity contribution >= 4 is 17.5 Å². The molecule has 7 nitrogen and oxygen atoms in total. The van der Waals surface area contributed by atoms with Gasteiger partial charge in [-0.3, -0.25) is 14.5 Å². The molecule has 1 aromatic carbocycles. The second-order valence-electron chi connectivity index (χ2n) is 6.35. The Morgan fingerprint density at radius 1 is 1.15 bits per heavy atom. The van der Waals surface area contributed by atoms with Crippen LogP contribution in [-0.2, 0) is 20.7 Å². The lowest BCUT2D eigenvalue weighted by Crippen LogP contribution is -2.41. The molecule has 1 fully saturated rings. The quantitative estimate of drug-likeness (QED) is 0.507. The van der Waals surface area contributed by atoms with Gasteiger partial charge in [-0.05, 0) is 18.9 Å². The first-order valence-corrected chi connectivity index (χ1v) is 9.06. The molecule has 2 rings (SSSR count). The highest BCUT2D eigenvalue weighted by atomic mass is 16.5. The number of rotatable bonds is 9. The summed E-state index contributed by atoms with van der Waals surface area (Å²) in [5.74, 6) is -0.237. The lowest BCUT2D eigenvalue weighted by molar-refractivity contribution is -0.121. The van der Waals surface area contributed by atoms with Gasteiger partial charge in [0, 0.05) is 38.3 Å². The third kappa shape index (κ3) is 8.22. The van der Waals surface area contributed by atoms with Crippen LogP contribution in [0.1, 0.15) is 25.3 Å². The summed E-state index contributed by atoms with van der Waals surface area (Å²) < 4.78 is 5.29. The Morgan fingerprint density at radius 2 is 1.88 bits per heavy atom. The SMILES string of the molecule is C/C(CC(=O)NCCN1CCOCC1)=N/NC(=O)CCc1ccccc1. The summed E-state index contributed by atoms with van der Waals surface area (Å²) in [4.78, 5) is 26.0. The van der Waals surface area contributed by atoms with Crippen molar-refractivity contribution in [2.75, 3.05) is 39.4 Å². The Morgan fingerprint density at radius 3 is 2.62 bits per heavy atom. The zero-order chi connectivity index (χ0) is 18.6. The van der Waals surface area contributed by atoms with Crippen LogP contribution in [0.4, 0.5) is 0 Å². The molecule has 2 amide bonds. The number of carbonyl (C=O) groups is 2. The summed E-state index contributed by atoms with van der Waals surface area (Å²) in [6.07, 6.45) is 1.22. The maximum Gasteiger partial charge on any atom is 0.240 e. The van der Waals surface area contributed by atoms with E-state index in [-0.39, 0.29) is 18.2 Å². The van der Waals surface area contributed by atoms with Gasteiger partial charge >= 0.3 is 0 Å². The minimum absolute atomic E-state index is 0.0851. The predicted octanol–water partition coefficient (Wildman–Crippen LogP) is 0.950. The number of amides is 2. The second kappa shape index (κ2) is 11.4. The van der Waals surface area contributed by atoms with Gasteiger partial charge in [-0.2, -0.15) is 5.10 Å². The molecule has 0 atom stereocenters. The summed E-state index contributed by atoms with van der Waals surface area (Å²) >= 11 is 0. The second-order valence-corrected chi connectivity index (χ2v) is 6.35. The molecule has 7 heteroatoms. The van der Waals surface area contributed by atoms with Gasteiger partial charge in [-0.1, -0.05) is 30.3 Å². The number of carbonyl (C=O) groups excluding carboxylic acids is 2. The minimum atomic E-state index is -0.152. The van der Waals surface area contributed by atoms with Gasteiger partial charge in [-0.25, -0.2) is 5.43 Å². The van der Waals surface area contributed by atoms with Crippen molar-refractivity contribution in [3.8, 4) is 0 Å². The molecule has 0 aromatic heterocycles. The van der Waals surface area contributed by atoms with Gasteiger partial charge in [0.2, 0.25) is 11.8 Å². The van der Waals surface area contributed by atoms with Crippen LogP contribution >= 0.6 is 0 Å². The summed E-state index contributed by atoms with van der Waals surface area (Å²) in [6, 6.07) is 9.83. The highest BCUT2D eigenvalue weighted by Gasteiger charge is 2.10. The zero-order valence-corrected chi connectivity index (χ0v) is 15.4. The fraction of sp³-hybridized carbons (Fsp3) is 0.526. The van der Waals surface area contributed by atoms with Crippen molar-refractivity contribution in [3.63, 3.8) is 0 Å². The van der Waals surface area contributed by atoms with Gasteiger partial charge in [0.15, 0.2) is 0 Å². The number of ether oxygens (including phenoxy) is 1. The van der Waals surface area contributed by atoms with E-state index in [9.17, 15) is 9.59 Å². The van der Waals surface area contributed by atoms with Crippen molar-refractivity contribution in [1.29, 1.82) is 0 Å². The van der Waals surface area contributed by atoms with Crippen LogP contribution in [0, 0.1) is 0 Å². The number of morpholine rings is 1. The van der Waals surface area contributed by atoms with E-state index in [4.69, 9.17) is 4.74 Å². The molecule has 0 aliphatic carbocycles. The van der Waals surface area contributed by atoms with E-state index in [2.05, 4.69) is 20.7 Å². The van der Waals surface area contributed by atoms with Crippen molar-refractivity contribution in [1.82, 2.24) is 15.6 Å². The molecule has 26 heavy (non-hydrogen) atoms. The third-order valence-corrected chi connectivity index (χ3v) is 4.13. The highest BCUT2D eigenvalue weighted by molar-refractivity contribution is 6.00. The Labute approximate surface area is 154 Å². The molecule has 0 radical (unpaired) electrons. The number of nitrogens with zero attached hydrogens (tertiary/aromatic N) is 2. The molecule has 1 aromatic rings. The molecular weight excluding hydrogens is 332 g/mol. The Kier molecular flexibility index (Phi) is 8.78. The molecule has 0 bridgehead atoms. The molecule has 0 spiro atoms. The first-order chi connectivity index (χ1) is 12.6. The van der Waals surface area contributed by atoms with E-state index in [0.717, 1.165) is 38.4 Å². The van der Waals surface area contributed by atoms with Crippen molar-refractivity contribution < 1.29 is 14.3 Å². The summed E-state index contributed by atoms with van der Waals surface area (Å²) in [5.41, 5.74) is 4.21. The topological polar surface area (TPSA) is 83.0 Å². The van der Waals surface area contributed by atoms with Crippen molar-refractivity contribution in [2.45, 2.75) is 26.2 Å². The van der Waals surface area contributed by atoms with Crippen molar-refractivity contribution in [3.05, 3.63) is 35.9 Å². The number of nitrogens with one attached hydrogen (secondary N) is 2. The monoisotopic (exact) mass is 360 g/mol. The largest absolute Gasteiger partial charge is 0.379 e. The number of hydrogen-bond donors (Lipinski definition) is 2. The molecule has 142 valence electrons. The van der Waals surface area contributed by atoms with Gasteiger partial charge in [0.1, 0.15) is 0 Å². The first-order valence-electron chi connectivity index (χ1n) is 9.06. The first kappa shape index (κ1) is 20.1. The Hall–Kier alpha value is -2.25. The van der Waals surface area contributed by atoms with Crippen molar-refractivity contribution in [2.24, 2.45) is 5.10 Å². The maximum absolute atomic E-state index is 11.9. The van der Waals surface area contributed by atoms with E-state index < -0.39 is 0 Å². The van der Waals surface area contributed by atoms with E-state index in [0.29, 0.717) is 25.1 Å². The maximum atomic E-state index is 11.9. The van der Waals surface area contributed by atoms with Gasteiger partial charge in [0.25, 0.3) is 0 Å². The van der Waals surface area contributed by atoms with Gasteiger partial charge < -0.3 is 10.1 Å². The van der Waals surface area contributed by atoms with Crippen LogP contribution < -0.4 is 10.7 Å². The minimum Gasteiger partial charge on any atom is -0.379 e. The summed E-state index contributed by atoms with van der Waals surface area (Å²) in [7, 11) is 0. The Balaban J connectivity index is 1.58. The van der Waals surface area contributed by atoms with E-state index in [1.807, 2.05) is 30.3 Å². The molecule has 1 aliphatic rings. The third-order valence-electron chi connectivity index (χ3n) is 4.13. The van der Waals surface area contributed by atoms with Crippen LogP contribution in [0.15, 0.2) is 35.4 Å². The Bertz CT molecular complexity index is 598. The van der Waals surface area contributed by atoms with Crippen LogP contribution in [0.5, 0.6) is 0 Å². The summed E-state index contributed by atoms with van der Waals surface area (Å²) in [6.45, 7) is 6.49. The predicted molar refractivity (Wildman–Crippen MR) is 101 cm³/mol. The van der Waals surface area contributed by atoms with Crippen LogP contribution in [0.3, 0.4) is 0 Å². The summed E-state index contributed by atoms with van der Waals surface area (Å²) in [5, 5.41) is 6.88. The van der Waals surface area contributed by atoms with E-state index in [1.54, 1.807) is 6.92 Å². The highest BCUT2D eigenvalue weighted by Crippen LogP contribution is 2.02.